The molecule has 1 aliphatic rings. The van der Waals surface area contributed by atoms with Gasteiger partial charge in [0, 0.05) is 17.1 Å². The van der Waals surface area contributed by atoms with Gasteiger partial charge in [0.1, 0.15) is 11.9 Å². The van der Waals surface area contributed by atoms with Crippen molar-refractivity contribution in [2.45, 2.75) is 65.3 Å². The number of hydrogen-bond acceptors (Lipinski definition) is 5. The van der Waals surface area contributed by atoms with Crippen LogP contribution in [-0.4, -0.2) is 42.8 Å². The highest BCUT2D eigenvalue weighted by molar-refractivity contribution is 6.56. The van der Waals surface area contributed by atoms with Gasteiger partial charge in [-0.05, 0) is 77.7 Å². The molecule has 158 valence electrons. The molecule has 0 saturated carbocycles. The monoisotopic (exact) mass is 421 g/mol. The van der Waals surface area contributed by atoms with Gasteiger partial charge in [-0.25, -0.2) is 4.79 Å². The van der Waals surface area contributed by atoms with Crippen molar-refractivity contribution < 1.29 is 23.6 Å². The van der Waals surface area contributed by atoms with Gasteiger partial charge in [0.2, 0.25) is 0 Å². The molecule has 1 heterocycles. The van der Waals surface area contributed by atoms with E-state index in [2.05, 4.69) is 5.32 Å². The van der Waals surface area contributed by atoms with Crippen molar-refractivity contribution in [3.63, 3.8) is 0 Å². The van der Waals surface area contributed by atoms with Crippen molar-refractivity contribution in [3.8, 4) is 0 Å². The zero-order chi connectivity index (χ0) is 22.0. The van der Waals surface area contributed by atoms with Crippen LogP contribution in [0.3, 0.4) is 0 Å². The lowest BCUT2D eigenvalue weighted by atomic mass is 9.77. The second-order valence-electron chi connectivity index (χ2n) is 9.10. The number of aldehydes is 1. The van der Waals surface area contributed by atoms with Crippen LogP contribution in [0.2, 0.25) is 5.02 Å². The van der Waals surface area contributed by atoms with Crippen molar-refractivity contribution in [1.29, 1.82) is 0 Å². The second kappa shape index (κ2) is 8.50. The maximum atomic E-state index is 12.1. The molecule has 6 nitrogen and oxygen atoms in total. The predicted molar refractivity (Wildman–Crippen MR) is 115 cm³/mol. The normalized spacial score (nSPS) is 18.5. The molecule has 1 aromatic carbocycles. The first-order valence-corrected chi connectivity index (χ1v) is 9.89. The number of nitrogens with one attached hydrogen (secondary N) is 1. The smallest absolute Gasteiger partial charge is 0.444 e. The van der Waals surface area contributed by atoms with Crippen LogP contribution in [0.25, 0.3) is 6.08 Å². The van der Waals surface area contributed by atoms with E-state index in [0.717, 1.165) is 6.29 Å². The van der Waals surface area contributed by atoms with E-state index >= 15 is 0 Å². The first-order chi connectivity index (χ1) is 13.2. The fourth-order valence-corrected chi connectivity index (χ4v) is 2.94. The highest BCUT2D eigenvalue weighted by Crippen LogP contribution is 2.38. The lowest BCUT2D eigenvalue weighted by Gasteiger charge is -2.32. The summed E-state index contributed by atoms with van der Waals surface area (Å²) in [6, 6.07) is 5.02. The number of amides is 1. The largest absolute Gasteiger partial charge is 0.492 e. The summed E-state index contributed by atoms with van der Waals surface area (Å²) < 4.78 is 17.6. The van der Waals surface area contributed by atoms with E-state index in [1.54, 1.807) is 45.0 Å². The zero-order valence-electron chi connectivity index (χ0n) is 18.1. The summed E-state index contributed by atoms with van der Waals surface area (Å²) in [6.07, 6.45) is 1.99. The van der Waals surface area contributed by atoms with Gasteiger partial charge in [-0.2, -0.15) is 0 Å². The summed E-state index contributed by atoms with van der Waals surface area (Å²) in [5, 5.41) is 3.18. The third-order valence-electron chi connectivity index (χ3n) is 4.82. The number of alkyl carbamates (subject to hydrolysis) is 1. The molecule has 0 aromatic heterocycles. The van der Waals surface area contributed by atoms with Gasteiger partial charge in [-0.15, -0.1) is 0 Å². The van der Waals surface area contributed by atoms with E-state index in [4.69, 9.17) is 25.6 Å². The number of carbonyl (C=O) groups is 2. The van der Waals surface area contributed by atoms with Gasteiger partial charge >= 0.3 is 13.2 Å². The van der Waals surface area contributed by atoms with Crippen molar-refractivity contribution in [1.82, 2.24) is 5.32 Å². The predicted octanol–water partition coefficient (Wildman–Crippen LogP) is 4.69. The zero-order valence-corrected chi connectivity index (χ0v) is 18.8. The molecular weight excluding hydrogens is 392 g/mol. The second-order valence-corrected chi connectivity index (χ2v) is 9.54. The van der Waals surface area contributed by atoms with Crippen molar-refractivity contribution in [2.75, 3.05) is 6.54 Å². The molecule has 0 aliphatic carbocycles. The Morgan fingerprint density at radius 3 is 2.21 bits per heavy atom. The van der Waals surface area contributed by atoms with E-state index in [1.807, 2.05) is 27.7 Å². The molecule has 1 aliphatic heterocycles. The van der Waals surface area contributed by atoms with Crippen molar-refractivity contribution >= 4 is 37.2 Å². The molecule has 0 radical (unpaired) electrons. The van der Waals surface area contributed by atoms with E-state index in [0.29, 0.717) is 21.6 Å². The van der Waals surface area contributed by atoms with E-state index in [9.17, 15) is 9.59 Å². The number of benzene rings is 1. The van der Waals surface area contributed by atoms with Gasteiger partial charge < -0.3 is 19.4 Å². The Labute approximate surface area is 178 Å². The van der Waals surface area contributed by atoms with Crippen LogP contribution in [0, 0.1) is 0 Å². The molecule has 0 spiro atoms. The van der Waals surface area contributed by atoms with Gasteiger partial charge in [-0.1, -0.05) is 17.7 Å². The number of carbonyl (C=O) groups excluding carboxylic acids is 2. The minimum Gasteiger partial charge on any atom is -0.444 e. The summed E-state index contributed by atoms with van der Waals surface area (Å²) in [7, 11) is -0.673. The lowest BCUT2D eigenvalue weighted by Crippen LogP contribution is -2.41. The van der Waals surface area contributed by atoms with Crippen LogP contribution >= 0.6 is 11.6 Å². The van der Waals surface area contributed by atoms with Crippen molar-refractivity contribution in [3.05, 3.63) is 39.8 Å². The standard InChI is InChI=1S/C21H29BClNO5/c1-19(2,3)27-18(26)24-12-16(22-28-20(4,5)21(6,7)29-22)9-14-8-15(13-25)11-17(23)10-14/h8-11,13H,12H2,1-7H3,(H,24,26). The molecule has 1 amide bonds. The number of ether oxygens (including phenoxy) is 1. The van der Waals surface area contributed by atoms with E-state index in [-0.39, 0.29) is 6.54 Å². The third kappa shape index (κ3) is 6.33. The minimum atomic E-state index is -0.673. The maximum absolute atomic E-state index is 12.1. The maximum Gasteiger partial charge on any atom is 0.492 e. The summed E-state index contributed by atoms with van der Waals surface area (Å²) in [5.74, 6) is 0. The molecule has 1 saturated heterocycles. The average Bonchev–Trinajstić information content (AvgIpc) is 2.77. The Bertz CT molecular complexity index is 798. The third-order valence-corrected chi connectivity index (χ3v) is 5.04. The molecule has 1 N–H and O–H groups in total. The van der Waals surface area contributed by atoms with Crippen LogP contribution in [0.15, 0.2) is 23.7 Å². The van der Waals surface area contributed by atoms with Gasteiger partial charge in [0.05, 0.1) is 11.2 Å². The minimum absolute atomic E-state index is 0.147. The Morgan fingerprint density at radius 1 is 1.14 bits per heavy atom. The molecule has 0 atom stereocenters. The topological polar surface area (TPSA) is 73.9 Å². The first kappa shape index (κ1) is 23.5. The average molecular weight is 422 g/mol. The quantitative estimate of drug-likeness (QED) is 0.551. The molecule has 0 unspecified atom stereocenters. The molecule has 29 heavy (non-hydrogen) atoms. The van der Waals surface area contributed by atoms with E-state index in [1.165, 1.54) is 0 Å². The molecule has 1 aromatic rings. The summed E-state index contributed by atoms with van der Waals surface area (Å²) in [5.41, 5.74) is 0.154. The first-order valence-electron chi connectivity index (χ1n) is 9.51. The molecular formula is C21H29BClNO5. The number of halogens is 1. The summed E-state index contributed by atoms with van der Waals surface area (Å²) in [6.45, 7) is 13.4. The Hall–Kier alpha value is -1.83. The highest BCUT2D eigenvalue weighted by atomic mass is 35.5. The fourth-order valence-electron chi connectivity index (χ4n) is 2.69. The van der Waals surface area contributed by atoms with Gasteiger partial charge in [0.25, 0.3) is 0 Å². The van der Waals surface area contributed by atoms with Crippen LogP contribution in [0.1, 0.15) is 64.4 Å². The van der Waals surface area contributed by atoms with Crippen molar-refractivity contribution in [2.24, 2.45) is 0 Å². The van der Waals surface area contributed by atoms with Crippen LogP contribution in [0.4, 0.5) is 4.79 Å². The summed E-state index contributed by atoms with van der Waals surface area (Å²) in [4.78, 5) is 23.3. The van der Waals surface area contributed by atoms with Gasteiger partial charge in [-0.3, -0.25) is 4.79 Å². The summed E-state index contributed by atoms with van der Waals surface area (Å²) >= 11 is 6.12. The number of hydrogen-bond donors (Lipinski definition) is 1. The van der Waals surface area contributed by atoms with Crippen LogP contribution in [-0.2, 0) is 14.0 Å². The molecule has 0 bridgehead atoms. The Balaban J connectivity index is 2.32. The Morgan fingerprint density at radius 2 is 1.69 bits per heavy atom. The van der Waals surface area contributed by atoms with E-state index < -0.39 is 30.0 Å². The molecule has 2 rings (SSSR count). The SMILES string of the molecule is CC(C)(C)OC(=O)NCC(=Cc1cc(Cl)cc(C=O)c1)B1OC(C)(C)C(C)(C)O1. The highest BCUT2D eigenvalue weighted by Gasteiger charge is 2.52. The van der Waals surface area contributed by atoms with Gasteiger partial charge in [0.15, 0.2) is 0 Å². The Kier molecular flexibility index (Phi) is 6.88. The molecule has 1 fully saturated rings. The molecule has 8 heteroatoms. The van der Waals surface area contributed by atoms with Crippen LogP contribution in [0.5, 0.6) is 0 Å². The van der Waals surface area contributed by atoms with Crippen LogP contribution < -0.4 is 5.32 Å². The fraction of sp³-hybridized carbons (Fsp3) is 0.524. The lowest BCUT2D eigenvalue weighted by molar-refractivity contribution is 0.00578. The number of rotatable bonds is 5.